The number of ether oxygens (including phenoxy) is 1. The molecule has 1 heterocycles. The lowest BCUT2D eigenvalue weighted by Crippen LogP contribution is -2.27. The molecule has 0 amide bonds. The average Bonchev–Trinajstić information content (AvgIpc) is 2.86. The van der Waals surface area contributed by atoms with E-state index in [1.807, 2.05) is 0 Å². The summed E-state index contributed by atoms with van der Waals surface area (Å²) in [6.07, 6.45) is 8.02. The van der Waals surface area contributed by atoms with Crippen molar-refractivity contribution < 1.29 is 9.15 Å². The average molecular weight is 293 g/mol. The second kappa shape index (κ2) is 8.60. The lowest BCUT2D eigenvalue weighted by Gasteiger charge is -2.30. The minimum absolute atomic E-state index is 0.427. The second-order valence-corrected chi connectivity index (χ2v) is 6.30. The van der Waals surface area contributed by atoms with Crippen LogP contribution in [0.1, 0.15) is 69.5 Å². The lowest BCUT2D eigenvalue weighted by molar-refractivity contribution is -0.0286. The van der Waals surface area contributed by atoms with Crippen LogP contribution in [0.2, 0.25) is 0 Å². The van der Waals surface area contributed by atoms with Gasteiger partial charge in [-0.2, -0.15) is 0 Å². The third-order valence-corrected chi connectivity index (χ3v) is 4.59. The number of nitrogens with one attached hydrogen (secondary N) is 1. The van der Waals surface area contributed by atoms with Crippen LogP contribution in [0.25, 0.3) is 0 Å². The molecule has 0 saturated heterocycles. The summed E-state index contributed by atoms with van der Waals surface area (Å²) in [5.41, 5.74) is 1.23. The van der Waals surface area contributed by atoms with Crippen molar-refractivity contribution in [2.45, 2.75) is 78.6 Å². The molecule has 1 aromatic rings. The van der Waals surface area contributed by atoms with E-state index in [2.05, 4.69) is 32.2 Å². The van der Waals surface area contributed by atoms with Gasteiger partial charge in [-0.15, -0.1) is 0 Å². The van der Waals surface area contributed by atoms with Crippen molar-refractivity contribution in [3.63, 3.8) is 0 Å². The predicted molar refractivity (Wildman–Crippen MR) is 86.3 cm³/mol. The highest BCUT2D eigenvalue weighted by atomic mass is 16.5. The maximum absolute atomic E-state index is 6.15. The summed E-state index contributed by atoms with van der Waals surface area (Å²) in [6.45, 7) is 9.05. The highest BCUT2D eigenvalue weighted by molar-refractivity contribution is 5.19. The Hall–Kier alpha value is -0.800. The monoisotopic (exact) mass is 293 g/mol. The van der Waals surface area contributed by atoms with Gasteiger partial charge in [0.2, 0.25) is 0 Å². The fraction of sp³-hybridized carbons (Fsp3) is 0.778. The van der Waals surface area contributed by atoms with Crippen LogP contribution < -0.4 is 5.32 Å². The van der Waals surface area contributed by atoms with E-state index < -0.39 is 0 Å². The van der Waals surface area contributed by atoms with Crippen molar-refractivity contribution in [3.8, 4) is 0 Å². The van der Waals surface area contributed by atoms with Gasteiger partial charge < -0.3 is 14.5 Å². The van der Waals surface area contributed by atoms with Crippen LogP contribution >= 0.6 is 0 Å². The zero-order valence-corrected chi connectivity index (χ0v) is 13.9. The summed E-state index contributed by atoms with van der Waals surface area (Å²) in [5, 5.41) is 3.39. The molecular weight excluding hydrogens is 262 g/mol. The summed E-state index contributed by atoms with van der Waals surface area (Å²) < 4.78 is 12.1. The van der Waals surface area contributed by atoms with Gasteiger partial charge in [0.25, 0.3) is 0 Å². The molecule has 1 N–H and O–H groups in total. The summed E-state index contributed by atoms with van der Waals surface area (Å²) in [4.78, 5) is 0. The molecule has 2 atom stereocenters. The quantitative estimate of drug-likeness (QED) is 0.713. The van der Waals surface area contributed by atoms with Crippen LogP contribution in [0, 0.1) is 12.8 Å². The number of hydrogen-bond acceptors (Lipinski definition) is 3. The highest BCUT2D eigenvalue weighted by Gasteiger charge is 2.24. The topological polar surface area (TPSA) is 34.4 Å². The van der Waals surface area contributed by atoms with E-state index in [0.717, 1.165) is 36.9 Å². The molecule has 3 heteroatoms. The summed E-state index contributed by atoms with van der Waals surface area (Å²) in [7, 11) is 0. The van der Waals surface area contributed by atoms with Crippen molar-refractivity contribution in [1.29, 1.82) is 0 Å². The smallest absolute Gasteiger partial charge is 0.130 e. The lowest BCUT2D eigenvalue weighted by atomic mass is 9.85. The molecule has 1 fully saturated rings. The van der Waals surface area contributed by atoms with Gasteiger partial charge in [0.1, 0.15) is 18.1 Å². The number of aryl methyl sites for hydroxylation is 1. The second-order valence-electron chi connectivity index (χ2n) is 6.30. The summed E-state index contributed by atoms with van der Waals surface area (Å²) in [6, 6.07) is 2.13. The van der Waals surface area contributed by atoms with E-state index >= 15 is 0 Å². The highest BCUT2D eigenvalue weighted by Crippen LogP contribution is 2.30. The van der Waals surface area contributed by atoms with Gasteiger partial charge in [0.05, 0.1) is 12.6 Å². The maximum atomic E-state index is 6.15. The van der Waals surface area contributed by atoms with E-state index in [-0.39, 0.29) is 0 Å². The molecule has 0 radical (unpaired) electrons. The van der Waals surface area contributed by atoms with Gasteiger partial charge in [-0.25, -0.2) is 0 Å². The van der Waals surface area contributed by atoms with Crippen molar-refractivity contribution in [1.82, 2.24) is 5.32 Å². The molecule has 21 heavy (non-hydrogen) atoms. The molecular formula is C18H31NO2. The molecule has 1 aliphatic carbocycles. The van der Waals surface area contributed by atoms with Gasteiger partial charge in [-0.3, -0.25) is 0 Å². The Bertz CT molecular complexity index is 413. The number of rotatable bonds is 8. The first kappa shape index (κ1) is 16.6. The van der Waals surface area contributed by atoms with E-state index in [0.29, 0.717) is 12.7 Å². The first-order chi connectivity index (χ1) is 10.2. The summed E-state index contributed by atoms with van der Waals surface area (Å²) >= 11 is 0. The summed E-state index contributed by atoms with van der Waals surface area (Å²) in [5.74, 6) is 2.76. The van der Waals surface area contributed by atoms with E-state index in [4.69, 9.17) is 9.15 Å². The van der Waals surface area contributed by atoms with Crippen LogP contribution in [0.5, 0.6) is 0 Å². The van der Waals surface area contributed by atoms with Gasteiger partial charge in [-0.1, -0.05) is 33.1 Å². The van der Waals surface area contributed by atoms with E-state index in [1.165, 1.54) is 37.7 Å². The minimum atomic E-state index is 0.427. The number of hydrogen-bond donors (Lipinski definition) is 1. The zero-order chi connectivity index (χ0) is 15.1. The van der Waals surface area contributed by atoms with Crippen molar-refractivity contribution in [2.75, 3.05) is 6.54 Å². The van der Waals surface area contributed by atoms with Crippen LogP contribution in [0.3, 0.4) is 0 Å². The first-order valence-corrected chi connectivity index (χ1v) is 8.65. The molecule has 3 nitrogen and oxygen atoms in total. The van der Waals surface area contributed by atoms with Gasteiger partial charge >= 0.3 is 0 Å². The first-order valence-electron chi connectivity index (χ1n) is 8.65. The Morgan fingerprint density at radius 1 is 1.29 bits per heavy atom. The molecule has 120 valence electrons. The van der Waals surface area contributed by atoms with Crippen LogP contribution in [0.15, 0.2) is 10.5 Å². The van der Waals surface area contributed by atoms with E-state index in [1.54, 1.807) is 0 Å². The fourth-order valence-electron chi connectivity index (χ4n) is 3.26. The van der Waals surface area contributed by atoms with Crippen LogP contribution in [-0.2, 0) is 17.9 Å². The molecule has 0 aliphatic heterocycles. The standard InChI is InChI=1S/C18H31NO2/c1-4-10-19-12-18-14(3)11-16(21-18)13-20-17-9-7-6-8-15(17)5-2/h11,15,17,19H,4-10,12-13H2,1-3H3. The largest absolute Gasteiger partial charge is 0.462 e. The molecule has 0 spiro atoms. The van der Waals surface area contributed by atoms with E-state index in [9.17, 15) is 0 Å². The molecule has 0 aromatic carbocycles. The third kappa shape index (κ3) is 4.86. The van der Waals surface area contributed by atoms with Crippen LogP contribution in [-0.4, -0.2) is 12.6 Å². The Balaban J connectivity index is 1.83. The van der Waals surface area contributed by atoms with Crippen LogP contribution in [0.4, 0.5) is 0 Å². The zero-order valence-electron chi connectivity index (χ0n) is 13.9. The Labute approximate surface area is 129 Å². The fourth-order valence-corrected chi connectivity index (χ4v) is 3.26. The Kier molecular flexibility index (Phi) is 6.78. The molecule has 2 rings (SSSR count). The maximum Gasteiger partial charge on any atom is 0.130 e. The molecule has 2 unspecified atom stereocenters. The molecule has 1 aliphatic rings. The Morgan fingerprint density at radius 2 is 2.10 bits per heavy atom. The third-order valence-electron chi connectivity index (χ3n) is 4.59. The normalized spacial score (nSPS) is 22.6. The van der Waals surface area contributed by atoms with Gasteiger partial charge in [0.15, 0.2) is 0 Å². The molecule has 0 bridgehead atoms. The minimum Gasteiger partial charge on any atom is -0.462 e. The van der Waals surface area contributed by atoms with Crippen molar-refractivity contribution in [2.24, 2.45) is 5.92 Å². The van der Waals surface area contributed by atoms with Crippen molar-refractivity contribution in [3.05, 3.63) is 23.2 Å². The number of furan rings is 1. The molecule has 1 aromatic heterocycles. The van der Waals surface area contributed by atoms with Gasteiger partial charge in [-0.05, 0) is 50.3 Å². The molecule has 1 saturated carbocycles. The SMILES string of the molecule is CCCNCc1oc(COC2CCCCC2CC)cc1C. The predicted octanol–water partition coefficient (Wildman–Crippen LogP) is 4.57. The van der Waals surface area contributed by atoms with Gasteiger partial charge in [0, 0.05) is 0 Å². The van der Waals surface area contributed by atoms with Crippen molar-refractivity contribution >= 4 is 0 Å². The Morgan fingerprint density at radius 3 is 2.86 bits per heavy atom.